The standard InChI is InChI=1S/C24H20ClN3O2/c1-29-22-7-3-2-6-21(22)28-24(16-9-11-17(25)12-10-16)19-14-18(15-20(19)27-28)30-23-8-4-5-13-26-23/h2-13,18H,14-15H2,1H3/t18-/m1/s1. The molecule has 0 radical (unpaired) electrons. The summed E-state index contributed by atoms with van der Waals surface area (Å²) in [6.07, 6.45) is 3.24. The lowest BCUT2D eigenvalue weighted by Crippen LogP contribution is -2.18. The van der Waals surface area contributed by atoms with E-state index in [0.717, 1.165) is 41.2 Å². The second-order valence-electron chi connectivity index (χ2n) is 7.18. The van der Waals surface area contributed by atoms with E-state index in [1.54, 1.807) is 13.3 Å². The first kappa shape index (κ1) is 18.7. The van der Waals surface area contributed by atoms with Crippen LogP contribution in [0.15, 0.2) is 72.9 Å². The number of aromatic nitrogens is 3. The third-order valence-electron chi connectivity index (χ3n) is 5.28. The van der Waals surface area contributed by atoms with Crippen molar-refractivity contribution in [3.63, 3.8) is 0 Å². The number of benzene rings is 2. The van der Waals surface area contributed by atoms with E-state index in [-0.39, 0.29) is 6.10 Å². The van der Waals surface area contributed by atoms with Gasteiger partial charge in [-0.05, 0) is 30.3 Å². The van der Waals surface area contributed by atoms with Crippen LogP contribution in [0.4, 0.5) is 0 Å². The summed E-state index contributed by atoms with van der Waals surface area (Å²) < 4.78 is 13.7. The van der Waals surface area contributed by atoms with Gasteiger partial charge in [-0.15, -0.1) is 0 Å². The molecule has 0 fully saturated rings. The number of para-hydroxylation sites is 2. The zero-order chi connectivity index (χ0) is 20.5. The molecule has 0 spiro atoms. The maximum absolute atomic E-state index is 6.14. The fraction of sp³-hybridized carbons (Fsp3) is 0.167. The molecule has 0 amide bonds. The zero-order valence-corrected chi connectivity index (χ0v) is 17.2. The molecule has 0 saturated carbocycles. The van der Waals surface area contributed by atoms with Crippen LogP contribution in [0, 0.1) is 0 Å². The molecule has 1 aliphatic rings. The van der Waals surface area contributed by atoms with Crippen molar-refractivity contribution < 1.29 is 9.47 Å². The van der Waals surface area contributed by atoms with Crippen molar-refractivity contribution in [2.75, 3.05) is 7.11 Å². The van der Waals surface area contributed by atoms with Gasteiger partial charge in [0.1, 0.15) is 17.5 Å². The van der Waals surface area contributed by atoms with Crippen molar-refractivity contribution in [3.8, 4) is 28.6 Å². The highest BCUT2D eigenvalue weighted by Gasteiger charge is 2.32. The molecule has 30 heavy (non-hydrogen) atoms. The maximum Gasteiger partial charge on any atom is 0.213 e. The third kappa shape index (κ3) is 3.42. The summed E-state index contributed by atoms with van der Waals surface area (Å²) in [7, 11) is 1.68. The smallest absolute Gasteiger partial charge is 0.213 e. The number of methoxy groups -OCH3 is 1. The van der Waals surface area contributed by atoms with Crippen LogP contribution in [-0.2, 0) is 12.8 Å². The van der Waals surface area contributed by atoms with Crippen molar-refractivity contribution in [1.29, 1.82) is 0 Å². The monoisotopic (exact) mass is 417 g/mol. The number of halogens is 1. The number of fused-ring (bicyclic) bond motifs is 1. The predicted octanol–water partition coefficient (Wildman–Crippen LogP) is 5.14. The van der Waals surface area contributed by atoms with Gasteiger partial charge in [0.05, 0.1) is 18.5 Å². The average molecular weight is 418 g/mol. The van der Waals surface area contributed by atoms with E-state index in [1.165, 1.54) is 5.56 Å². The van der Waals surface area contributed by atoms with Crippen molar-refractivity contribution in [1.82, 2.24) is 14.8 Å². The molecular weight excluding hydrogens is 398 g/mol. The maximum atomic E-state index is 6.14. The molecule has 0 bridgehead atoms. The molecule has 0 saturated heterocycles. The molecule has 2 aromatic carbocycles. The summed E-state index contributed by atoms with van der Waals surface area (Å²) in [5.74, 6) is 1.41. The lowest BCUT2D eigenvalue weighted by molar-refractivity contribution is 0.204. The van der Waals surface area contributed by atoms with Crippen LogP contribution in [0.25, 0.3) is 16.9 Å². The lowest BCUT2D eigenvalue weighted by Gasteiger charge is -2.16. The van der Waals surface area contributed by atoms with E-state index in [2.05, 4.69) is 4.98 Å². The fourth-order valence-corrected chi connectivity index (χ4v) is 4.07. The highest BCUT2D eigenvalue weighted by molar-refractivity contribution is 6.30. The summed E-state index contributed by atoms with van der Waals surface area (Å²) in [5, 5.41) is 5.67. The Morgan fingerprint density at radius 2 is 1.77 bits per heavy atom. The third-order valence-corrected chi connectivity index (χ3v) is 5.53. The molecule has 0 N–H and O–H groups in total. The summed E-state index contributed by atoms with van der Waals surface area (Å²) in [5.41, 5.74) is 5.22. The highest BCUT2D eigenvalue weighted by atomic mass is 35.5. The normalized spacial score (nSPS) is 15.1. The molecule has 4 aromatic rings. The molecule has 0 unspecified atom stereocenters. The van der Waals surface area contributed by atoms with Gasteiger partial charge in [-0.1, -0.05) is 41.9 Å². The van der Waals surface area contributed by atoms with Gasteiger partial charge in [0.2, 0.25) is 5.88 Å². The number of pyridine rings is 1. The summed E-state index contributed by atoms with van der Waals surface area (Å²) in [6.45, 7) is 0. The van der Waals surface area contributed by atoms with Gasteiger partial charge in [-0.3, -0.25) is 0 Å². The number of hydrogen-bond donors (Lipinski definition) is 0. The molecule has 1 aliphatic carbocycles. The first-order valence-electron chi connectivity index (χ1n) is 9.80. The minimum absolute atomic E-state index is 0.00997. The van der Waals surface area contributed by atoms with Crippen molar-refractivity contribution in [2.24, 2.45) is 0 Å². The molecule has 5 rings (SSSR count). The SMILES string of the molecule is COc1ccccc1-n1nc2c(c1-c1ccc(Cl)cc1)C[C@@H](Oc1ccccn1)C2. The van der Waals surface area contributed by atoms with Crippen molar-refractivity contribution in [3.05, 3.63) is 89.2 Å². The minimum atomic E-state index is 0.00997. The van der Waals surface area contributed by atoms with Crippen LogP contribution in [0.2, 0.25) is 5.02 Å². The Labute approximate surface area is 179 Å². The molecule has 150 valence electrons. The molecule has 2 heterocycles. The fourth-order valence-electron chi connectivity index (χ4n) is 3.94. The van der Waals surface area contributed by atoms with Gasteiger partial charge in [0, 0.05) is 41.3 Å². The topological polar surface area (TPSA) is 49.2 Å². The first-order valence-corrected chi connectivity index (χ1v) is 10.2. The van der Waals surface area contributed by atoms with Gasteiger partial charge in [-0.2, -0.15) is 5.10 Å². The summed E-state index contributed by atoms with van der Waals surface area (Å²) in [6, 6.07) is 21.5. The second kappa shape index (κ2) is 7.84. The minimum Gasteiger partial charge on any atom is -0.494 e. The first-order chi connectivity index (χ1) is 14.7. The Kier molecular flexibility index (Phi) is 4.89. The van der Waals surface area contributed by atoms with Crippen LogP contribution in [-0.4, -0.2) is 28.0 Å². The quantitative estimate of drug-likeness (QED) is 0.451. The molecule has 1 atom stereocenters. The zero-order valence-electron chi connectivity index (χ0n) is 16.5. The van der Waals surface area contributed by atoms with E-state index >= 15 is 0 Å². The van der Waals surface area contributed by atoms with Crippen molar-refractivity contribution in [2.45, 2.75) is 18.9 Å². The second-order valence-corrected chi connectivity index (χ2v) is 7.62. The van der Waals surface area contributed by atoms with E-state index in [9.17, 15) is 0 Å². The number of hydrogen-bond acceptors (Lipinski definition) is 4. The van der Waals surface area contributed by atoms with E-state index < -0.39 is 0 Å². The van der Waals surface area contributed by atoms with E-state index in [4.69, 9.17) is 26.2 Å². The van der Waals surface area contributed by atoms with Gasteiger partial charge in [-0.25, -0.2) is 9.67 Å². The molecule has 6 heteroatoms. The van der Waals surface area contributed by atoms with Gasteiger partial charge < -0.3 is 9.47 Å². The van der Waals surface area contributed by atoms with E-state index in [0.29, 0.717) is 10.9 Å². The lowest BCUT2D eigenvalue weighted by atomic mass is 10.1. The van der Waals surface area contributed by atoms with Crippen LogP contribution < -0.4 is 9.47 Å². The molecule has 2 aromatic heterocycles. The Hall–Kier alpha value is -3.31. The van der Waals surface area contributed by atoms with Gasteiger partial charge in [0.25, 0.3) is 0 Å². The highest BCUT2D eigenvalue weighted by Crippen LogP contribution is 2.37. The Bertz CT molecular complexity index is 1170. The van der Waals surface area contributed by atoms with Crippen LogP contribution in [0.1, 0.15) is 11.3 Å². The van der Waals surface area contributed by atoms with Crippen LogP contribution in [0.3, 0.4) is 0 Å². The Balaban J connectivity index is 1.58. The predicted molar refractivity (Wildman–Crippen MR) is 117 cm³/mol. The molecular formula is C24H20ClN3O2. The van der Waals surface area contributed by atoms with Crippen LogP contribution >= 0.6 is 11.6 Å². The molecule has 0 aliphatic heterocycles. The average Bonchev–Trinajstić information content (AvgIpc) is 3.32. The Morgan fingerprint density at radius 1 is 0.967 bits per heavy atom. The number of rotatable bonds is 5. The summed E-state index contributed by atoms with van der Waals surface area (Å²) in [4.78, 5) is 4.29. The number of nitrogens with zero attached hydrogens (tertiary/aromatic N) is 3. The Morgan fingerprint density at radius 3 is 2.53 bits per heavy atom. The van der Waals surface area contributed by atoms with E-state index in [1.807, 2.05) is 71.4 Å². The van der Waals surface area contributed by atoms with Crippen LogP contribution in [0.5, 0.6) is 11.6 Å². The van der Waals surface area contributed by atoms with Gasteiger partial charge >= 0.3 is 0 Å². The number of ether oxygens (including phenoxy) is 2. The van der Waals surface area contributed by atoms with Crippen molar-refractivity contribution >= 4 is 11.6 Å². The van der Waals surface area contributed by atoms with Gasteiger partial charge in [0.15, 0.2) is 0 Å². The molecule has 5 nitrogen and oxygen atoms in total. The summed E-state index contributed by atoms with van der Waals surface area (Å²) >= 11 is 6.14. The largest absolute Gasteiger partial charge is 0.494 e.